The number of aromatic amines is 1. The van der Waals surface area contributed by atoms with E-state index < -0.39 is 5.56 Å². The number of hydrogen-bond donors (Lipinski definition) is 2. The standard InChI is InChI=1S/C16H16N2O2/c1-9(2)11-5-4-6-12(15(11)19)13-7-10(3)18-16(20)14(13)8-17/h4-7,9,19H,1-3H3,(H,18,20). The number of phenols is 1. The van der Waals surface area contributed by atoms with Gasteiger partial charge in [-0.15, -0.1) is 0 Å². The van der Waals surface area contributed by atoms with Crippen molar-refractivity contribution in [3.05, 3.63) is 51.4 Å². The molecule has 4 heteroatoms. The van der Waals surface area contributed by atoms with Gasteiger partial charge in [0.25, 0.3) is 5.56 Å². The zero-order valence-electron chi connectivity index (χ0n) is 11.7. The maximum absolute atomic E-state index is 11.8. The molecule has 4 nitrogen and oxygen atoms in total. The van der Waals surface area contributed by atoms with Crippen LogP contribution in [0.3, 0.4) is 0 Å². The van der Waals surface area contributed by atoms with E-state index in [1.807, 2.05) is 32.0 Å². The van der Waals surface area contributed by atoms with Crippen molar-refractivity contribution in [2.24, 2.45) is 0 Å². The van der Waals surface area contributed by atoms with E-state index >= 15 is 0 Å². The SMILES string of the molecule is Cc1cc(-c2cccc(C(C)C)c2O)c(C#N)c(=O)[nH]1. The fourth-order valence-electron chi connectivity index (χ4n) is 2.26. The summed E-state index contributed by atoms with van der Waals surface area (Å²) in [6.45, 7) is 5.70. The average molecular weight is 268 g/mol. The fraction of sp³-hybridized carbons (Fsp3) is 0.250. The second-order valence-corrected chi connectivity index (χ2v) is 5.08. The summed E-state index contributed by atoms with van der Waals surface area (Å²) in [7, 11) is 0. The first-order chi connectivity index (χ1) is 9.45. The number of benzene rings is 1. The molecule has 20 heavy (non-hydrogen) atoms. The van der Waals surface area contributed by atoms with Crippen LogP contribution in [-0.4, -0.2) is 10.1 Å². The van der Waals surface area contributed by atoms with Crippen LogP contribution in [-0.2, 0) is 0 Å². The zero-order valence-corrected chi connectivity index (χ0v) is 11.7. The molecule has 102 valence electrons. The lowest BCUT2D eigenvalue weighted by Crippen LogP contribution is -2.12. The minimum Gasteiger partial charge on any atom is -0.507 e. The molecule has 0 spiro atoms. The van der Waals surface area contributed by atoms with Crippen LogP contribution in [0.2, 0.25) is 0 Å². The van der Waals surface area contributed by atoms with Crippen molar-refractivity contribution >= 4 is 0 Å². The summed E-state index contributed by atoms with van der Waals surface area (Å²) in [4.78, 5) is 14.4. The Hall–Kier alpha value is -2.54. The van der Waals surface area contributed by atoms with Gasteiger partial charge in [0.2, 0.25) is 0 Å². The maximum Gasteiger partial charge on any atom is 0.266 e. The van der Waals surface area contributed by atoms with Crippen LogP contribution in [0.25, 0.3) is 11.1 Å². The van der Waals surface area contributed by atoms with Crippen molar-refractivity contribution in [1.29, 1.82) is 5.26 Å². The second-order valence-electron chi connectivity index (χ2n) is 5.08. The van der Waals surface area contributed by atoms with Gasteiger partial charge in [-0.05, 0) is 24.5 Å². The van der Waals surface area contributed by atoms with E-state index in [0.717, 1.165) is 5.56 Å². The Labute approximate surface area is 117 Å². The van der Waals surface area contributed by atoms with Crippen LogP contribution in [0, 0.1) is 18.3 Å². The number of pyridine rings is 1. The molecule has 0 atom stereocenters. The Morgan fingerprint density at radius 3 is 2.60 bits per heavy atom. The Balaban J connectivity index is 2.79. The van der Waals surface area contributed by atoms with Crippen molar-refractivity contribution in [1.82, 2.24) is 4.98 Å². The molecular weight excluding hydrogens is 252 g/mol. The molecule has 0 aliphatic rings. The first kappa shape index (κ1) is 13.9. The zero-order chi connectivity index (χ0) is 14.9. The van der Waals surface area contributed by atoms with E-state index in [1.54, 1.807) is 19.1 Å². The van der Waals surface area contributed by atoms with Crippen LogP contribution < -0.4 is 5.56 Å². The number of para-hydroxylation sites is 1. The number of H-pyrrole nitrogens is 1. The number of aromatic nitrogens is 1. The summed E-state index contributed by atoms with van der Waals surface area (Å²) in [5, 5.41) is 19.6. The van der Waals surface area contributed by atoms with Crippen molar-refractivity contribution < 1.29 is 5.11 Å². The molecule has 1 heterocycles. The summed E-state index contributed by atoms with van der Waals surface area (Å²) in [5.41, 5.74) is 2.02. The molecule has 1 aromatic carbocycles. The van der Waals surface area contributed by atoms with Crippen LogP contribution in [0.15, 0.2) is 29.1 Å². The molecule has 2 N–H and O–H groups in total. The fourth-order valence-corrected chi connectivity index (χ4v) is 2.26. The smallest absolute Gasteiger partial charge is 0.266 e. The van der Waals surface area contributed by atoms with Gasteiger partial charge in [0.15, 0.2) is 0 Å². The Kier molecular flexibility index (Phi) is 3.62. The molecule has 0 saturated heterocycles. The number of aryl methyl sites for hydroxylation is 1. The van der Waals surface area contributed by atoms with Crippen LogP contribution >= 0.6 is 0 Å². The van der Waals surface area contributed by atoms with E-state index in [4.69, 9.17) is 5.26 Å². The Bertz CT molecular complexity index is 752. The maximum atomic E-state index is 11.8. The highest BCUT2D eigenvalue weighted by Gasteiger charge is 2.16. The van der Waals surface area contributed by atoms with E-state index in [-0.39, 0.29) is 17.2 Å². The van der Waals surface area contributed by atoms with Crippen LogP contribution in [0.5, 0.6) is 5.75 Å². The van der Waals surface area contributed by atoms with Crippen molar-refractivity contribution in [3.8, 4) is 22.9 Å². The topological polar surface area (TPSA) is 76.9 Å². The van der Waals surface area contributed by atoms with Crippen molar-refractivity contribution in [2.75, 3.05) is 0 Å². The van der Waals surface area contributed by atoms with Crippen molar-refractivity contribution in [3.63, 3.8) is 0 Å². The number of phenolic OH excluding ortho intramolecular Hbond substituents is 1. The molecule has 0 bridgehead atoms. The van der Waals surface area contributed by atoms with E-state index in [0.29, 0.717) is 16.8 Å². The van der Waals surface area contributed by atoms with Crippen molar-refractivity contribution in [2.45, 2.75) is 26.7 Å². The molecule has 0 saturated carbocycles. The molecular formula is C16H16N2O2. The normalized spacial score (nSPS) is 10.6. The molecule has 0 aliphatic carbocycles. The van der Waals surface area contributed by atoms with Gasteiger partial charge < -0.3 is 10.1 Å². The number of nitrogens with zero attached hydrogens (tertiary/aromatic N) is 1. The summed E-state index contributed by atoms with van der Waals surface area (Å²) in [6.07, 6.45) is 0. The summed E-state index contributed by atoms with van der Waals surface area (Å²) < 4.78 is 0. The van der Waals surface area contributed by atoms with Gasteiger partial charge in [0.1, 0.15) is 17.4 Å². The van der Waals surface area contributed by atoms with Gasteiger partial charge in [-0.2, -0.15) is 5.26 Å². The van der Waals surface area contributed by atoms with Gasteiger partial charge in [-0.25, -0.2) is 0 Å². The minimum absolute atomic E-state index is 0.0202. The third kappa shape index (κ3) is 2.30. The van der Waals surface area contributed by atoms with Gasteiger partial charge in [0, 0.05) is 16.8 Å². The highest BCUT2D eigenvalue weighted by molar-refractivity contribution is 5.76. The molecule has 0 radical (unpaired) electrons. The van der Waals surface area contributed by atoms with E-state index in [9.17, 15) is 9.90 Å². The number of nitrogens with one attached hydrogen (secondary N) is 1. The summed E-state index contributed by atoms with van der Waals surface area (Å²) >= 11 is 0. The number of nitriles is 1. The summed E-state index contributed by atoms with van der Waals surface area (Å²) in [6, 6.07) is 9.00. The van der Waals surface area contributed by atoms with Gasteiger partial charge in [-0.1, -0.05) is 32.0 Å². The van der Waals surface area contributed by atoms with E-state index in [1.165, 1.54) is 0 Å². The predicted octanol–water partition coefficient (Wildman–Crippen LogP) is 3.05. The third-order valence-electron chi connectivity index (χ3n) is 3.26. The lowest BCUT2D eigenvalue weighted by molar-refractivity contribution is 0.467. The Morgan fingerprint density at radius 2 is 2.00 bits per heavy atom. The number of hydrogen-bond acceptors (Lipinski definition) is 3. The van der Waals surface area contributed by atoms with Gasteiger partial charge >= 0.3 is 0 Å². The predicted molar refractivity (Wildman–Crippen MR) is 77.7 cm³/mol. The second kappa shape index (κ2) is 5.22. The highest BCUT2D eigenvalue weighted by Crippen LogP contribution is 2.36. The van der Waals surface area contributed by atoms with Crippen LogP contribution in [0.4, 0.5) is 0 Å². The van der Waals surface area contributed by atoms with Gasteiger partial charge in [0.05, 0.1) is 0 Å². The summed E-state index contributed by atoms with van der Waals surface area (Å²) in [5.74, 6) is 0.285. The average Bonchev–Trinajstić information content (AvgIpc) is 2.37. The lowest BCUT2D eigenvalue weighted by atomic mass is 9.94. The Morgan fingerprint density at radius 1 is 1.30 bits per heavy atom. The molecule has 0 unspecified atom stereocenters. The molecule has 0 aliphatic heterocycles. The quantitative estimate of drug-likeness (QED) is 0.878. The molecule has 0 amide bonds. The molecule has 0 fully saturated rings. The first-order valence-corrected chi connectivity index (χ1v) is 6.42. The minimum atomic E-state index is -0.433. The third-order valence-corrected chi connectivity index (χ3v) is 3.26. The molecule has 1 aromatic heterocycles. The number of aromatic hydroxyl groups is 1. The number of rotatable bonds is 2. The first-order valence-electron chi connectivity index (χ1n) is 6.42. The molecule has 2 aromatic rings. The largest absolute Gasteiger partial charge is 0.507 e. The van der Waals surface area contributed by atoms with Crippen LogP contribution in [0.1, 0.15) is 36.6 Å². The monoisotopic (exact) mass is 268 g/mol. The van der Waals surface area contributed by atoms with E-state index in [2.05, 4.69) is 4.98 Å². The molecule has 2 rings (SSSR count). The highest BCUT2D eigenvalue weighted by atomic mass is 16.3. The lowest BCUT2D eigenvalue weighted by Gasteiger charge is -2.13. The van der Waals surface area contributed by atoms with Gasteiger partial charge in [-0.3, -0.25) is 4.79 Å².